The molecule has 0 bridgehead atoms. The lowest BCUT2D eigenvalue weighted by Crippen LogP contribution is -1.97. The maximum Gasteiger partial charge on any atom is 0.159 e. The van der Waals surface area contributed by atoms with Gasteiger partial charge in [0.15, 0.2) is 5.78 Å². The molecule has 0 aliphatic heterocycles. The molecule has 0 aliphatic carbocycles. The van der Waals surface area contributed by atoms with Gasteiger partial charge in [-0.25, -0.2) is 4.98 Å². The van der Waals surface area contributed by atoms with Crippen LogP contribution in [0.5, 0.6) is 11.5 Å². The lowest BCUT2D eigenvalue weighted by molar-refractivity contribution is 0.101. The highest BCUT2D eigenvalue weighted by Gasteiger charge is 2.10. The van der Waals surface area contributed by atoms with Gasteiger partial charge >= 0.3 is 0 Å². The van der Waals surface area contributed by atoms with Crippen LogP contribution < -0.4 is 9.47 Å². The summed E-state index contributed by atoms with van der Waals surface area (Å²) in [5.41, 5.74) is 2.51. The number of ketones is 1. The number of rotatable bonds is 6. The standard InChI is InChI=1S/C19H17NO3S/c1-13(21)14-7-9-16(10-8-14)23-11-15-12-24-19(20-15)17-5-3-4-6-18(17)22-2/h3-10,12H,11H2,1-2H3. The van der Waals surface area contributed by atoms with Crippen molar-refractivity contribution in [3.8, 4) is 22.1 Å². The Morgan fingerprint density at radius 2 is 1.88 bits per heavy atom. The van der Waals surface area contributed by atoms with E-state index in [4.69, 9.17) is 9.47 Å². The van der Waals surface area contributed by atoms with Gasteiger partial charge in [-0.2, -0.15) is 0 Å². The minimum atomic E-state index is 0.0440. The van der Waals surface area contributed by atoms with Crippen molar-refractivity contribution in [1.29, 1.82) is 0 Å². The average Bonchev–Trinajstić information content (AvgIpc) is 3.09. The van der Waals surface area contributed by atoms with Gasteiger partial charge in [0.1, 0.15) is 23.1 Å². The first kappa shape index (κ1) is 16.2. The minimum absolute atomic E-state index is 0.0440. The van der Waals surface area contributed by atoms with Gasteiger partial charge < -0.3 is 9.47 Å². The van der Waals surface area contributed by atoms with E-state index in [1.165, 1.54) is 0 Å². The largest absolute Gasteiger partial charge is 0.496 e. The number of Topliss-reactive ketones (excluding diaryl/α,β-unsaturated/α-hetero) is 1. The van der Waals surface area contributed by atoms with Gasteiger partial charge in [0.05, 0.1) is 18.4 Å². The Labute approximate surface area is 144 Å². The van der Waals surface area contributed by atoms with Gasteiger partial charge in [-0.3, -0.25) is 4.79 Å². The number of methoxy groups -OCH3 is 1. The maximum atomic E-state index is 11.3. The second-order valence-electron chi connectivity index (χ2n) is 5.21. The zero-order chi connectivity index (χ0) is 16.9. The summed E-state index contributed by atoms with van der Waals surface area (Å²) in [5.74, 6) is 1.56. The Bertz CT molecular complexity index is 840. The first-order valence-corrected chi connectivity index (χ1v) is 8.37. The fourth-order valence-corrected chi connectivity index (χ4v) is 3.10. The van der Waals surface area contributed by atoms with Gasteiger partial charge in [0.25, 0.3) is 0 Å². The summed E-state index contributed by atoms with van der Waals surface area (Å²) in [6.45, 7) is 1.93. The van der Waals surface area contributed by atoms with Gasteiger partial charge in [0.2, 0.25) is 0 Å². The van der Waals surface area contributed by atoms with E-state index >= 15 is 0 Å². The molecule has 3 rings (SSSR count). The Morgan fingerprint density at radius 3 is 2.58 bits per heavy atom. The van der Waals surface area contributed by atoms with Crippen molar-refractivity contribution in [2.75, 3.05) is 7.11 Å². The van der Waals surface area contributed by atoms with Crippen LogP contribution in [0.15, 0.2) is 53.9 Å². The predicted octanol–water partition coefficient (Wildman–Crippen LogP) is 4.60. The molecule has 0 N–H and O–H groups in total. The van der Waals surface area contributed by atoms with E-state index in [-0.39, 0.29) is 5.78 Å². The van der Waals surface area contributed by atoms with Gasteiger partial charge in [-0.1, -0.05) is 12.1 Å². The number of nitrogens with zero attached hydrogens (tertiary/aromatic N) is 1. The van der Waals surface area contributed by atoms with Crippen LogP contribution in [-0.2, 0) is 6.61 Å². The summed E-state index contributed by atoms with van der Waals surface area (Å²) in [5, 5.41) is 2.88. The van der Waals surface area contributed by atoms with Crippen LogP contribution in [0.4, 0.5) is 0 Å². The van der Waals surface area contributed by atoms with Crippen LogP contribution in [-0.4, -0.2) is 17.9 Å². The molecule has 0 saturated carbocycles. The van der Waals surface area contributed by atoms with E-state index in [0.717, 1.165) is 22.0 Å². The third-order valence-electron chi connectivity index (χ3n) is 3.54. The van der Waals surface area contributed by atoms with E-state index in [2.05, 4.69) is 4.98 Å². The predicted molar refractivity (Wildman–Crippen MR) is 94.9 cm³/mol. The monoisotopic (exact) mass is 339 g/mol. The first-order chi connectivity index (χ1) is 11.7. The van der Waals surface area contributed by atoms with Crippen molar-refractivity contribution in [3.63, 3.8) is 0 Å². The quantitative estimate of drug-likeness (QED) is 0.616. The summed E-state index contributed by atoms with van der Waals surface area (Å²) in [7, 11) is 1.65. The first-order valence-electron chi connectivity index (χ1n) is 7.49. The molecular formula is C19H17NO3S. The fraction of sp³-hybridized carbons (Fsp3) is 0.158. The number of hydrogen-bond acceptors (Lipinski definition) is 5. The van der Waals surface area contributed by atoms with Crippen molar-refractivity contribution in [2.45, 2.75) is 13.5 Å². The number of carbonyl (C=O) groups excluding carboxylic acids is 1. The van der Waals surface area contributed by atoms with Crippen molar-refractivity contribution >= 4 is 17.1 Å². The molecule has 2 aromatic carbocycles. The number of thiazole rings is 1. The number of hydrogen-bond donors (Lipinski definition) is 0. The van der Waals surface area contributed by atoms with Crippen LogP contribution in [0.1, 0.15) is 23.0 Å². The Morgan fingerprint density at radius 1 is 1.12 bits per heavy atom. The van der Waals surface area contributed by atoms with Crippen LogP contribution in [0.25, 0.3) is 10.6 Å². The smallest absolute Gasteiger partial charge is 0.159 e. The van der Waals surface area contributed by atoms with E-state index in [0.29, 0.717) is 17.9 Å². The highest BCUT2D eigenvalue weighted by molar-refractivity contribution is 7.13. The van der Waals surface area contributed by atoms with Gasteiger partial charge in [0, 0.05) is 10.9 Å². The summed E-state index contributed by atoms with van der Waals surface area (Å²) < 4.78 is 11.1. The van der Waals surface area contributed by atoms with Crippen molar-refractivity contribution in [2.24, 2.45) is 0 Å². The van der Waals surface area contributed by atoms with Crippen molar-refractivity contribution < 1.29 is 14.3 Å². The minimum Gasteiger partial charge on any atom is -0.496 e. The lowest BCUT2D eigenvalue weighted by atomic mass is 10.1. The molecule has 1 heterocycles. The SMILES string of the molecule is COc1ccccc1-c1nc(COc2ccc(C(C)=O)cc2)cs1. The number of para-hydroxylation sites is 1. The second kappa shape index (κ2) is 7.27. The topological polar surface area (TPSA) is 48.4 Å². The molecule has 1 aromatic heterocycles. The summed E-state index contributed by atoms with van der Waals surface area (Å²) in [4.78, 5) is 15.9. The molecule has 24 heavy (non-hydrogen) atoms. The zero-order valence-corrected chi connectivity index (χ0v) is 14.3. The number of benzene rings is 2. The van der Waals surface area contributed by atoms with E-state index < -0.39 is 0 Å². The normalized spacial score (nSPS) is 10.4. The Hall–Kier alpha value is -2.66. The van der Waals surface area contributed by atoms with Crippen LogP contribution in [0.2, 0.25) is 0 Å². The summed E-state index contributed by atoms with van der Waals surface area (Å²) in [6, 6.07) is 14.9. The van der Waals surface area contributed by atoms with Crippen LogP contribution >= 0.6 is 11.3 Å². The molecule has 0 fully saturated rings. The average molecular weight is 339 g/mol. The molecule has 0 amide bonds. The highest BCUT2D eigenvalue weighted by atomic mass is 32.1. The van der Waals surface area contributed by atoms with Crippen LogP contribution in [0.3, 0.4) is 0 Å². The molecule has 0 atom stereocenters. The third-order valence-corrected chi connectivity index (χ3v) is 4.46. The molecule has 0 aliphatic rings. The molecule has 0 spiro atoms. The second-order valence-corrected chi connectivity index (χ2v) is 6.07. The molecule has 4 nitrogen and oxygen atoms in total. The third kappa shape index (κ3) is 3.63. The van der Waals surface area contributed by atoms with E-state index in [1.54, 1.807) is 49.6 Å². The fourth-order valence-electron chi connectivity index (χ4n) is 2.26. The Kier molecular flexibility index (Phi) is 4.91. The zero-order valence-electron chi connectivity index (χ0n) is 13.5. The van der Waals surface area contributed by atoms with Gasteiger partial charge in [-0.05, 0) is 43.3 Å². The number of aromatic nitrogens is 1. The highest BCUT2D eigenvalue weighted by Crippen LogP contribution is 2.32. The molecule has 0 radical (unpaired) electrons. The molecule has 122 valence electrons. The Balaban J connectivity index is 1.69. The van der Waals surface area contributed by atoms with E-state index in [9.17, 15) is 4.79 Å². The van der Waals surface area contributed by atoms with Crippen molar-refractivity contribution in [1.82, 2.24) is 4.98 Å². The lowest BCUT2D eigenvalue weighted by Gasteiger charge is -2.05. The van der Waals surface area contributed by atoms with Gasteiger partial charge in [-0.15, -0.1) is 11.3 Å². The van der Waals surface area contributed by atoms with E-state index in [1.807, 2.05) is 29.6 Å². The van der Waals surface area contributed by atoms with Crippen molar-refractivity contribution in [3.05, 3.63) is 65.2 Å². The number of carbonyl (C=O) groups is 1. The molecule has 0 unspecified atom stereocenters. The number of ether oxygens (including phenoxy) is 2. The maximum absolute atomic E-state index is 11.3. The summed E-state index contributed by atoms with van der Waals surface area (Å²) >= 11 is 1.56. The van der Waals surface area contributed by atoms with Crippen LogP contribution in [0, 0.1) is 0 Å². The summed E-state index contributed by atoms with van der Waals surface area (Å²) in [6.07, 6.45) is 0. The molecular weight excluding hydrogens is 322 g/mol. The molecule has 0 saturated heterocycles. The molecule has 3 aromatic rings. The molecule has 5 heteroatoms.